The smallest absolute Gasteiger partial charge is 0.233 e. The quantitative estimate of drug-likeness (QED) is 0.613. The van der Waals surface area contributed by atoms with Crippen LogP contribution in [0, 0.1) is 0 Å². The molecule has 3 atom stereocenters. The molecule has 0 spiro atoms. The van der Waals surface area contributed by atoms with Crippen LogP contribution < -0.4 is 10.1 Å². The van der Waals surface area contributed by atoms with Crippen molar-refractivity contribution in [3.63, 3.8) is 0 Å². The number of benzene rings is 1. The molecule has 2 aliphatic heterocycles. The lowest BCUT2D eigenvalue weighted by Gasteiger charge is -2.48. The highest BCUT2D eigenvalue weighted by molar-refractivity contribution is 5.73. The molecule has 2 N–H and O–H groups in total. The van der Waals surface area contributed by atoms with Crippen molar-refractivity contribution in [1.29, 1.82) is 0 Å². The van der Waals surface area contributed by atoms with Gasteiger partial charge in [0.15, 0.2) is 0 Å². The third-order valence-electron chi connectivity index (χ3n) is 6.54. The summed E-state index contributed by atoms with van der Waals surface area (Å²) >= 11 is 0. The lowest BCUT2D eigenvalue weighted by atomic mass is 9.75. The second kappa shape index (κ2) is 8.52. The number of nitrogens with zero attached hydrogens (tertiary/aromatic N) is 4. The van der Waals surface area contributed by atoms with E-state index < -0.39 is 0 Å². The van der Waals surface area contributed by atoms with Gasteiger partial charge in [-0.3, -0.25) is 4.68 Å². The zero-order valence-electron chi connectivity index (χ0n) is 18.5. The Labute approximate surface area is 187 Å². The van der Waals surface area contributed by atoms with E-state index in [0.29, 0.717) is 29.8 Å². The first-order valence-corrected chi connectivity index (χ1v) is 11.1. The number of aromatic hydroxyl groups is 1. The summed E-state index contributed by atoms with van der Waals surface area (Å²) in [5, 5.41) is 27.1. The van der Waals surface area contributed by atoms with E-state index in [9.17, 15) is 5.11 Å². The Kier molecular flexibility index (Phi) is 5.57. The molecule has 32 heavy (non-hydrogen) atoms. The van der Waals surface area contributed by atoms with Gasteiger partial charge in [0.05, 0.1) is 18.5 Å². The molecule has 8 nitrogen and oxygen atoms in total. The Morgan fingerprint density at radius 2 is 2.12 bits per heavy atom. The summed E-state index contributed by atoms with van der Waals surface area (Å²) < 4.78 is 13.5. The van der Waals surface area contributed by atoms with E-state index in [1.165, 1.54) is 12.8 Å². The van der Waals surface area contributed by atoms with Gasteiger partial charge in [-0.1, -0.05) is 6.07 Å². The minimum absolute atomic E-state index is 0.00420. The molecule has 0 aliphatic carbocycles. The zero-order chi connectivity index (χ0) is 22.1. The molecule has 2 fully saturated rings. The topological polar surface area (TPSA) is 94.3 Å². The third-order valence-corrected chi connectivity index (χ3v) is 6.54. The van der Waals surface area contributed by atoms with Crippen molar-refractivity contribution >= 4 is 0 Å². The van der Waals surface area contributed by atoms with E-state index in [2.05, 4.69) is 20.6 Å². The van der Waals surface area contributed by atoms with Crippen LogP contribution in [-0.2, 0) is 11.8 Å². The van der Waals surface area contributed by atoms with E-state index in [-0.39, 0.29) is 17.4 Å². The molecule has 2 saturated heterocycles. The first kappa shape index (κ1) is 20.9. The summed E-state index contributed by atoms with van der Waals surface area (Å²) in [4.78, 5) is 0. The van der Waals surface area contributed by atoms with Gasteiger partial charge < -0.3 is 19.9 Å². The first-order valence-electron chi connectivity index (χ1n) is 11.1. The van der Waals surface area contributed by atoms with Crippen LogP contribution >= 0.6 is 0 Å². The Morgan fingerprint density at radius 1 is 1.22 bits per heavy atom. The van der Waals surface area contributed by atoms with E-state index in [1.807, 2.05) is 37.5 Å². The van der Waals surface area contributed by atoms with Crippen molar-refractivity contribution in [1.82, 2.24) is 25.3 Å². The summed E-state index contributed by atoms with van der Waals surface area (Å²) in [5.74, 6) is 0.666. The number of aromatic nitrogens is 4. The van der Waals surface area contributed by atoms with Crippen molar-refractivity contribution in [3.05, 3.63) is 42.7 Å². The number of phenols is 1. The average Bonchev–Trinajstić information content (AvgIpc) is 3.20. The molecule has 168 valence electrons. The summed E-state index contributed by atoms with van der Waals surface area (Å²) in [6, 6.07) is 9.65. The molecular weight excluding hydrogens is 406 g/mol. The van der Waals surface area contributed by atoms with Gasteiger partial charge in [-0.25, -0.2) is 0 Å². The van der Waals surface area contributed by atoms with Crippen molar-refractivity contribution in [2.24, 2.45) is 7.05 Å². The van der Waals surface area contributed by atoms with Crippen molar-refractivity contribution in [2.75, 3.05) is 13.7 Å². The summed E-state index contributed by atoms with van der Waals surface area (Å²) in [6.45, 7) is 0.697. The second-order valence-electron chi connectivity index (χ2n) is 9.02. The summed E-state index contributed by atoms with van der Waals surface area (Å²) in [7, 11) is 3.62. The lowest BCUT2D eigenvalue weighted by Crippen LogP contribution is -2.62. The summed E-state index contributed by atoms with van der Waals surface area (Å²) in [6.07, 6.45) is 9.14. The van der Waals surface area contributed by atoms with Gasteiger partial charge in [0.25, 0.3) is 0 Å². The predicted octanol–water partition coefficient (Wildman–Crippen LogP) is 3.32. The van der Waals surface area contributed by atoms with Crippen LogP contribution in [0.15, 0.2) is 42.7 Å². The first-order chi connectivity index (χ1) is 15.5. The fourth-order valence-corrected chi connectivity index (χ4v) is 5.17. The number of rotatable bonds is 6. The van der Waals surface area contributed by atoms with E-state index in [0.717, 1.165) is 30.4 Å². The normalized spacial score (nSPS) is 24.9. The van der Waals surface area contributed by atoms with Crippen LogP contribution in [-0.4, -0.2) is 56.5 Å². The van der Waals surface area contributed by atoms with Gasteiger partial charge >= 0.3 is 0 Å². The van der Waals surface area contributed by atoms with Gasteiger partial charge in [0, 0.05) is 55.5 Å². The number of piperidine rings is 2. The van der Waals surface area contributed by atoms with E-state index in [1.54, 1.807) is 24.1 Å². The molecule has 1 aromatic carbocycles. The number of aryl methyl sites for hydroxylation is 1. The van der Waals surface area contributed by atoms with Gasteiger partial charge in [-0.15, -0.1) is 10.2 Å². The SMILES string of the molecule is COC[C@@]12CCCC(C[C@H](Oc3ccc(-c4ccc(-c5cnn(C)c5)cc4O)nn3)C1)N2. The van der Waals surface area contributed by atoms with Gasteiger partial charge in [0.2, 0.25) is 5.88 Å². The number of phenolic OH excluding ortho intramolecular Hbond substituents is 1. The molecule has 0 amide bonds. The molecule has 3 aromatic rings. The molecule has 2 aromatic heterocycles. The fourth-order valence-electron chi connectivity index (χ4n) is 5.17. The van der Waals surface area contributed by atoms with Crippen molar-refractivity contribution < 1.29 is 14.6 Å². The number of methoxy groups -OCH3 is 1. The van der Waals surface area contributed by atoms with Crippen molar-refractivity contribution in [2.45, 2.75) is 49.8 Å². The molecule has 5 rings (SSSR count). The molecule has 0 saturated carbocycles. The Bertz CT molecular complexity index is 1080. The van der Waals surface area contributed by atoms with Gasteiger partial charge in [-0.2, -0.15) is 5.10 Å². The lowest BCUT2D eigenvalue weighted by molar-refractivity contribution is -0.00454. The number of nitrogens with one attached hydrogen (secondary N) is 1. The maximum Gasteiger partial charge on any atom is 0.233 e. The molecule has 2 aliphatic rings. The summed E-state index contributed by atoms with van der Waals surface area (Å²) in [5.41, 5.74) is 3.07. The van der Waals surface area contributed by atoms with Crippen LogP contribution in [0.5, 0.6) is 11.6 Å². The standard InChI is InChI=1S/C24H29N5O3/c1-29-14-17(13-25-29)16-5-6-20(22(30)10-16)21-7-8-23(28-27-21)32-19-11-18-4-3-9-24(12-19,26-18)15-31-2/h5-8,10,13-14,18-19,26,30H,3-4,9,11-12,15H2,1-2H3/t18?,19-,24+/m0/s1. The van der Waals surface area contributed by atoms with Crippen LogP contribution in [0.1, 0.15) is 32.1 Å². The van der Waals surface area contributed by atoms with E-state index in [4.69, 9.17) is 9.47 Å². The number of hydrogen-bond donors (Lipinski definition) is 2. The maximum atomic E-state index is 10.6. The highest BCUT2D eigenvalue weighted by Crippen LogP contribution is 2.36. The van der Waals surface area contributed by atoms with Crippen molar-refractivity contribution in [3.8, 4) is 34.0 Å². The number of hydrogen-bond acceptors (Lipinski definition) is 7. The van der Waals surface area contributed by atoms with Gasteiger partial charge in [-0.05, 0) is 49.4 Å². The highest BCUT2D eigenvalue weighted by Gasteiger charge is 2.43. The number of fused-ring (bicyclic) bond motifs is 2. The maximum absolute atomic E-state index is 10.6. The average molecular weight is 436 g/mol. The Hall–Kier alpha value is -2.97. The molecule has 2 bridgehead atoms. The van der Waals surface area contributed by atoms with Crippen LogP contribution in [0.3, 0.4) is 0 Å². The minimum atomic E-state index is -0.00420. The highest BCUT2D eigenvalue weighted by atomic mass is 16.5. The Morgan fingerprint density at radius 3 is 2.84 bits per heavy atom. The second-order valence-corrected chi connectivity index (χ2v) is 9.02. The van der Waals surface area contributed by atoms with E-state index >= 15 is 0 Å². The zero-order valence-corrected chi connectivity index (χ0v) is 18.5. The fraction of sp³-hybridized carbons (Fsp3) is 0.458. The van der Waals surface area contributed by atoms with Gasteiger partial charge in [0.1, 0.15) is 11.9 Å². The molecule has 0 radical (unpaired) electrons. The van der Waals surface area contributed by atoms with Crippen LogP contribution in [0.2, 0.25) is 0 Å². The predicted molar refractivity (Wildman–Crippen MR) is 120 cm³/mol. The molecular formula is C24H29N5O3. The van der Waals surface area contributed by atoms with Crippen LogP contribution in [0.4, 0.5) is 0 Å². The molecule has 4 heterocycles. The minimum Gasteiger partial charge on any atom is -0.507 e. The molecule has 1 unspecified atom stereocenters. The number of ether oxygens (including phenoxy) is 2. The Balaban J connectivity index is 1.29. The largest absolute Gasteiger partial charge is 0.507 e. The monoisotopic (exact) mass is 435 g/mol. The molecule has 8 heteroatoms. The third kappa shape index (κ3) is 4.20. The van der Waals surface area contributed by atoms with Crippen LogP contribution in [0.25, 0.3) is 22.4 Å².